The van der Waals surface area contributed by atoms with Crippen LogP contribution >= 0.6 is 0 Å². The lowest BCUT2D eigenvalue weighted by Gasteiger charge is -2.22. The minimum absolute atomic E-state index is 0.103. The van der Waals surface area contributed by atoms with Crippen molar-refractivity contribution in [1.29, 1.82) is 0 Å². The van der Waals surface area contributed by atoms with Crippen LogP contribution in [-0.4, -0.2) is 30.8 Å². The Hall–Kier alpha value is -2.37. The molecule has 0 aromatic heterocycles. The van der Waals surface area contributed by atoms with E-state index in [1.807, 2.05) is 0 Å². The van der Waals surface area contributed by atoms with E-state index >= 15 is 0 Å². The molecule has 5 nitrogen and oxygen atoms in total. The molecule has 0 heterocycles. The van der Waals surface area contributed by atoms with Crippen molar-refractivity contribution in [3.05, 3.63) is 35.7 Å². The van der Waals surface area contributed by atoms with Crippen LogP contribution in [0.1, 0.15) is 19.4 Å². The van der Waals surface area contributed by atoms with Gasteiger partial charge < -0.3 is 14.6 Å². The van der Waals surface area contributed by atoms with Gasteiger partial charge in [0.2, 0.25) is 0 Å². The summed E-state index contributed by atoms with van der Waals surface area (Å²) >= 11 is 0. The quantitative estimate of drug-likeness (QED) is 0.645. The summed E-state index contributed by atoms with van der Waals surface area (Å²) in [5, 5.41) is 8.62. The number of aliphatic carboxylic acids is 1. The third kappa shape index (κ3) is 4.59. The SMILES string of the molecule is COC(=O)C(C)(C)COc1c(F)cccc1/C=C/C(=O)O. The summed E-state index contributed by atoms with van der Waals surface area (Å²) in [6, 6.07) is 4.15. The predicted octanol–water partition coefficient (Wildman–Crippen LogP) is 2.50. The van der Waals surface area contributed by atoms with Gasteiger partial charge in [-0.05, 0) is 26.0 Å². The summed E-state index contributed by atoms with van der Waals surface area (Å²) in [4.78, 5) is 22.1. The number of carbonyl (C=O) groups is 2. The van der Waals surface area contributed by atoms with Crippen LogP contribution in [0.15, 0.2) is 24.3 Å². The zero-order valence-corrected chi connectivity index (χ0v) is 12.1. The first-order chi connectivity index (χ1) is 9.77. The highest BCUT2D eigenvalue weighted by Crippen LogP contribution is 2.27. The molecule has 6 heteroatoms. The van der Waals surface area contributed by atoms with Crippen molar-refractivity contribution >= 4 is 18.0 Å². The van der Waals surface area contributed by atoms with E-state index in [9.17, 15) is 14.0 Å². The summed E-state index contributed by atoms with van der Waals surface area (Å²) in [6.07, 6.45) is 2.11. The Balaban J connectivity index is 2.97. The standard InChI is InChI=1S/C15H17FO5/c1-15(2,14(19)20-3)9-21-13-10(7-8-12(17)18)5-4-6-11(13)16/h4-8H,9H2,1-3H3,(H,17,18)/b8-7+. The molecule has 0 aliphatic rings. The molecule has 1 aromatic carbocycles. The molecule has 1 aromatic rings. The first-order valence-corrected chi connectivity index (χ1v) is 6.18. The fourth-order valence-corrected chi connectivity index (χ4v) is 1.56. The van der Waals surface area contributed by atoms with Gasteiger partial charge in [0.05, 0.1) is 12.5 Å². The molecular weight excluding hydrogens is 279 g/mol. The van der Waals surface area contributed by atoms with Gasteiger partial charge in [-0.3, -0.25) is 4.79 Å². The van der Waals surface area contributed by atoms with E-state index in [4.69, 9.17) is 9.84 Å². The molecule has 0 unspecified atom stereocenters. The van der Waals surface area contributed by atoms with Crippen LogP contribution in [0.25, 0.3) is 6.08 Å². The number of benzene rings is 1. The van der Waals surface area contributed by atoms with Crippen molar-refractivity contribution in [2.75, 3.05) is 13.7 Å². The summed E-state index contributed by atoms with van der Waals surface area (Å²) in [6.45, 7) is 3.10. The third-order valence-electron chi connectivity index (χ3n) is 2.72. The highest BCUT2D eigenvalue weighted by Gasteiger charge is 2.30. The molecule has 1 N–H and O–H groups in total. The van der Waals surface area contributed by atoms with Crippen LogP contribution < -0.4 is 4.74 Å². The molecule has 21 heavy (non-hydrogen) atoms. The Kier molecular flexibility index (Phi) is 5.46. The number of rotatable bonds is 6. The Morgan fingerprint density at radius 1 is 1.38 bits per heavy atom. The van der Waals surface area contributed by atoms with Gasteiger partial charge in [0.1, 0.15) is 6.61 Å². The van der Waals surface area contributed by atoms with Gasteiger partial charge >= 0.3 is 11.9 Å². The fourth-order valence-electron chi connectivity index (χ4n) is 1.56. The first kappa shape index (κ1) is 16.7. The van der Waals surface area contributed by atoms with Crippen molar-refractivity contribution in [3.63, 3.8) is 0 Å². The number of carboxylic acid groups (broad SMARTS) is 1. The van der Waals surface area contributed by atoms with Crippen LogP contribution in [0.4, 0.5) is 4.39 Å². The summed E-state index contributed by atoms with van der Waals surface area (Å²) < 4.78 is 23.8. The maximum Gasteiger partial charge on any atom is 0.328 e. The first-order valence-electron chi connectivity index (χ1n) is 6.18. The average molecular weight is 296 g/mol. The summed E-state index contributed by atoms with van der Waals surface area (Å²) in [5.41, 5.74) is -0.678. The number of para-hydroxylation sites is 1. The Morgan fingerprint density at radius 3 is 2.62 bits per heavy atom. The molecule has 1 rings (SSSR count). The monoisotopic (exact) mass is 296 g/mol. The van der Waals surface area contributed by atoms with E-state index < -0.39 is 23.2 Å². The molecule has 0 aliphatic carbocycles. The summed E-state index contributed by atoms with van der Waals surface area (Å²) in [7, 11) is 1.26. The topological polar surface area (TPSA) is 72.8 Å². The average Bonchev–Trinajstić information content (AvgIpc) is 2.42. The van der Waals surface area contributed by atoms with E-state index in [1.165, 1.54) is 31.4 Å². The lowest BCUT2D eigenvalue weighted by Crippen LogP contribution is -2.32. The lowest BCUT2D eigenvalue weighted by atomic mass is 9.95. The summed E-state index contributed by atoms with van der Waals surface area (Å²) in [5.74, 6) is -2.38. The van der Waals surface area contributed by atoms with Crippen LogP contribution in [-0.2, 0) is 14.3 Å². The maximum absolute atomic E-state index is 13.8. The second kappa shape index (κ2) is 6.88. The minimum atomic E-state index is -1.15. The van der Waals surface area contributed by atoms with E-state index in [0.29, 0.717) is 0 Å². The van der Waals surface area contributed by atoms with Gasteiger partial charge in [-0.25, -0.2) is 9.18 Å². The molecule has 0 aliphatic heterocycles. The molecular formula is C15H17FO5. The molecule has 114 valence electrons. The largest absolute Gasteiger partial charge is 0.489 e. The Bertz CT molecular complexity index is 563. The van der Waals surface area contributed by atoms with Gasteiger partial charge in [0.25, 0.3) is 0 Å². The van der Waals surface area contributed by atoms with Crippen molar-refractivity contribution in [2.45, 2.75) is 13.8 Å². The van der Waals surface area contributed by atoms with Crippen molar-refractivity contribution in [1.82, 2.24) is 0 Å². The van der Waals surface area contributed by atoms with E-state index in [1.54, 1.807) is 13.8 Å². The van der Waals surface area contributed by atoms with Crippen LogP contribution in [0.5, 0.6) is 5.75 Å². The second-order valence-corrected chi connectivity index (χ2v) is 4.99. The Labute approximate surface area is 122 Å². The fraction of sp³-hybridized carbons (Fsp3) is 0.333. The van der Waals surface area contributed by atoms with Crippen molar-refractivity contribution < 1.29 is 28.6 Å². The molecule has 0 saturated heterocycles. The number of carboxylic acids is 1. The lowest BCUT2D eigenvalue weighted by molar-refractivity contribution is -0.152. The third-order valence-corrected chi connectivity index (χ3v) is 2.72. The predicted molar refractivity (Wildman–Crippen MR) is 74.4 cm³/mol. The number of esters is 1. The normalized spacial score (nSPS) is 11.4. The van der Waals surface area contributed by atoms with Gasteiger partial charge in [-0.15, -0.1) is 0 Å². The second-order valence-electron chi connectivity index (χ2n) is 4.99. The molecule has 0 fully saturated rings. The molecule has 0 bridgehead atoms. The van der Waals surface area contributed by atoms with Crippen molar-refractivity contribution in [2.24, 2.45) is 5.41 Å². The molecule has 0 radical (unpaired) electrons. The number of hydrogen-bond donors (Lipinski definition) is 1. The Morgan fingerprint density at radius 2 is 2.05 bits per heavy atom. The van der Waals surface area contributed by atoms with E-state index in [-0.39, 0.29) is 17.9 Å². The smallest absolute Gasteiger partial charge is 0.328 e. The number of methoxy groups -OCH3 is 1. The van der Waals surface area contributed by atoms with E-state index in [0.717, 1.165) is 6.08 Å². The zero-order chi connectivity index (χ0) is 16.0. The maximum atomic E-state index is 13.8. The van der Waals surface area contributed by atoms with Gasteiger partial charge in [-0.1, -0.05) is 12.1 Å². The molecule has 0 atom stereocenters. The molecule has 0 amide bonds. The van der Waals surface area contributed by atoms with Crippen LogP contribution in [0, 0.1) is 11.2 Å². The van der Waals surface area contributed by atoms with Gasteiger partial charge in [0, 0.05) is 11.6 Å². The number of ether oxygens (including phenoxy) is 2. The van der Waals surface area contributed by atoms with Gasteiger partial charge in [0.15, 0.2) is 11.6 Å². The van der Waals surface area contributed by atoms with E-state index in [2.05, 4.69) is 4.74 Å². The zero-order valence-electron chi connectivity index (χ0n) is 12.1. The van der Waals surface area contributed by atoms with Crippen LogP contribution in [0.2, 0.25) is 0 Å². The highest BCUT2D eigenvalue weighted by atomic mass is 19.1. The number of halogens is 1. The van der Waals surface area contributed by atoms with Gasteiger partial charge in [-0.2, -0.15) is 0 Å². The molecule has 0 spiro atoms. The van der Waals surface area contributed by atoms with Crippen LogP contribution in [0.3, 0.4) is 0 Å². The number of carbonyl (C=O) groups excluding carboxylic acids is 1. The number of hydrogen-bond acceptors (Lipinski definition) is 4. The highest BCUT2D eigenvalue weighted by molar-refractivity contribution is 5.85. The minimum Gasteiger partial charge on any atom is -0.489 e. The molecule has 0 saturated carbocycles. The van der Waals surface area contributed by atoms with Crippen molar-refractivity contribution in [3.8, 4) is 5.75 Å².